The van der Waals surface area contributed by atoms with Gasteiger partial charge in [-0.2, -0.15) is 0 Å². The van der Waals surface area contributed by atoms with Crippen LogP contribution in [0.2, 0.25) is 0 Å². The molecule has 4 rings (SSSR count). The molecule has 0 bridgehead atoms. The van der Waals surface area contributed by atoms with Crippen LogP contribution in [0.1, 0.15) is 12.8 Å². The topological polar surface area (TPSA) is 77.5 Å². The Balaban J connectivity index is 1.46. The van der Waals surface area contributed by atoms with Gasteiger partial charge in [-0.3, -0.25) is 4.79 Å². The van der Waals surface area contributed by atoms with E-state index >= 15 is 0 Å². The molecule has 5 heteroatoms. The maximum absolute atomic E-state index is 12.3. The van der Waals surface area contributed by atoms with Crippen LogP contribution in [-0.4, -0.2) is 24.7 Å². The van der Waals surface area contributed by atoms with Gasteiger partial charge < -0.3 is 20.2 Å². The van der Waals surface area contributed by atoms with E-state index in [0.29, 0.717) is 13.0 Å². The highest BCUT2D eigenvalue weighted by molar-refractivity contribution is 5.94. The molecule has 1 aliphatic rings. The molecule has 1 amide bonds. The highest BCUT2D eigenvalue weighted by Gasteiger charge is 2.29. The number of carbonyl (C=O) groups excluding carboxylic acids is 1. The molecule has 1 aliphatic heterocycles. The van der Waals surface area contributed by atoms with E-state index in [1.807, 2.05) is 54.6 Å². The Hall–Kier alpha value is -2.63. The molecule has 1 saturated heterocycles. The fourth-order valence-electron chi connectivity index (χ4n) is 3.14. The van der Waals surface area contributed by atoms with Gasteiger partial charge in [0.2, 0.25) is 0 Å². The summed E-state index contributed by atoms with van der Waals surface area (Å²) in [6, 6.07) is 17.5. The third-order valence-electron chi connectivity index (χ3n) is 4.53. The zero-order valence-electron chi connectivity index (χ0n) is 13.8. The van der Waals surface area contributed by atoms with Gasteiger partial charge in [0.1, 0.15) is 17.4 Å². The lowest BCUT2D eigenvalue weighted by Gasteiger charge is -2.12. The van der Waals surface area contributed by atoms with Crippen molar-refractivity contribution in [3.05, 3.63) is 54.6 Å². The summed E-state index contributed by atoms with van der Waals surface area (Å²) in [5.41, 5.74) is 8.15. The first kappa shape index (κ1) is 15.9. The normalized spacial score (nSPS) is 20.0. The third-order valence-corrected chi connectivity index (χ3v) is 4.53. The van der Waals surface area contributed by atoms with Crippen LogP contribution < -0.4 is 11.1 Å². The molecule has 3 aromatic rings. The Bertz CT molecular complexity index is 852. The summed E-state index contributed by atoms with van der Waals surface area (Å²) in [6.45, 7) is 0.454. The Labute approximate surface area is 145 Å². The highest BCUT2D eigenvalue weighted by atomic mass is 16.5. The number of benzene rings is 2. The van der Waals surface area contributed by atoms with E-state index in [2.05, 4.69) is 5.32 Å². The second kappa shape index (κ2) is 6.70. The standard InChI is InChI=1S/C20H20N2O3/c21-12-16-9-10-18(24-16)20(23)22-15-7-5-13(6-8-15)19-11-14-3-1-2-4-17(14)25-19/h1-8,11,16,18H,9-10,12,21H2,(H,22,23)/t16-,18+/m1/s1. The molecule has 0 aliphatic carbocycles. The van der Waals surface area contributed by atoms with Gasteiger partial charge in [-0.15, -0.1) is 0 Å². The molecule has 2 aromatic carbocycles. The number of furan rings is 1. The van der Waals surface area contributed by atoms with Crippen LogP contribution in [0.5, 0.6) is 0 Å². The number of carbonyl (C=O) groups is 1. The fraction of sp³-hybridized carbons (Fsp3) is 0.250. The van der Waals surface area contributed by atoms with Crippen LogP contribution in [0.3, 0.4) is 0 Å². The zero-order valence-corrected chi connectivity index (χ0v) is 13.8. The van der Waals surface area contributed by atoms with Gasteiger partial charge in [-0.05, 0) is 49.2 Å². The summed E-state index contributed by atoms with van der Waals surface area (Å²) in [6.07, 6.45) is 1.12. The van der Waals surface area contributed by atoms with Crippen molar-refractivity contribution in [3.63, 3.8) is 0 Å². The van der Waals surface area contributed by atoms with Crippen molar-refractivity contribution in [2.24, 2.45) is 5.73 Å². The second-order valence-electron chi connectivity index (χ2n) is 6.27. The SMILES string of the molecule is NC[C@H]1CC[C@@H](C(=O)Nc2ccc(-c3cc4ccccc4o3)cc2)O1. The number of hydrogen-bond donors (Lipinski definition) is 2. The van der Waals surface area contributed by atoms with Gasteiger partial charge >= 0.3 is 0 Å². The van der Waals surface area contributed by atoms with Gasteiger partial charge in [0, 0.05) is 23.2 Å². The predicted octanol–water partition coefficient (Wildman–Crippen LogP) is 3.54. The zero-order chi connectivity index (χ0) is 17.2. The minimum Gasteiger partial charge on any atom is -0.456 e. The quantitative estimate of drug-likeness (QED) is 0.764. The van der Waals surface area contributed by atoms with Crippen LogP contribution in [0.15, 0.2) is 59.0 Å². The smallest absolute Gasteiger partial charge is 0.253 e. The maximum atomic E-state index is 12.3. The molecule has 0 unspecified atom stereocenters. The summed E-state index contributed by atoms with van der Waals surface area (Å²) < 4.78 is 11.5. The van der Waals surface area contributed by atoms with Gasteiger partial charge in [0.25, 0.3) is 5.91 Å². The Morgan fingerprint density at radius 2 is 1.92 bits per heavy atom. The number of rotatable bonds is 4. The van der Waals surface area contributed by atoms with Gasteiger partial charge in [-0.1, -0.05) is 18.2 Å². The highest BCUT2D eigenvalue weighted by Crippen LogP contribution is 2.28. The number of hydrogen-bond acceptors (Lipinski definition) is 4. The number of ether oxygens (including phenoxy) is 1. The molecule has 2 heterocycles. The number of para-hydroxylation sites is 1. The van der Waals surface area contributed by atoms with Crippen LogP contribution in [-0.2, 0) is 9.53 Å². The Morgan fingerprint density at radius 3 is 2.64 bits per heavy atom. The first-order valence-corrected chi connectivity index (χ1v) is 8.48. The summed E-state index contributed by atoms with van der Waals surface area (Å²) in [7, 11) is 0. The number of anilines is 1. The monoisotopic (exact) mass is 336 g/mol. The number of nitrogens with two attached hydrogens (primary N) is 1. The van der Waals surface area contributed by atoms with Crippen molar-refractivity contribution < 1.29 is 13.9 Å². The van der Waals surface area contributed by atoms with Crippen LogP contribution in [0.25, 0.3) is 22.3 Å². The lowest BCUT2D eigenvalue weighted by atomic mass is 10.1. The van der Waals surface area contributed by atoms with Crippen LogP contribution >= 0.6 is 0 Å². The summed E-state index contributed by atoms with van der Waals surface area (Å²) in [4.78, 5) is 12.3. The fourth-order valence-corrected chi connectivity index (χ4v) is 3.14. The number of fused-ring (bicyclic) bond motifs is 1. The van der Waals surface area contributed by atoms with E-state index in [0.717, 1.165) is 34.4 Å². The molecule has 1 fully saturated rings. The predicted molar refractivity (Wildman–Crippen MR) is 97.2 cm³/mol. The first-order valence-electron chi connectivity index (χ1n) is 8.48. The molecule has 2 atom stereocenters. The minimum atomic E-state index is -0.413. The summed E-state index contributed by atoms with van der Waals surface area (Å²) in [5, 5.41) is 3.97. The molecule has 0 saturated carbocycles. The van der Waals surface area contributed by atoms with E-state index in [1.165, 1.54) is 0 Å². The van der Waals surface area contributed by atoms with E-state index in [9.17, 15) is 4.79 Å². The molecule has 1 aromatic heterocycles. The van der Waals surface area contributed by atoms with Crippen molar-refractivity contribution in [2.45, 2.75) is 25.0 Å². The third kappa shape index (κ3) is 3.29. The van der Waals surface area contributed by atoms with Crippen LogP contribution in [0.4, 0.5) is 5.69 Å². The second-order valence-corrected chi connectivity index (χ2v) is 6.27. The first-order chi connectivity index (χ1) is 12.2. The molecule has 25 heavy (non-hydrogen) atoms. The van der Waals surface area contributed by atoms with E-state index < -0.39 is 6.10 Å². The van der Waals surface area contributed by atoms with Crippen LogP contribution in [0, 0.1) is 0 Å². The lowest BCUT2D eigenvalue weighted by molar-refractivity contribution is -0.126. The van der Waals surface area contributed by atoms with Crippen molar-refractivity contribution in [2.75, 3.05) is 11.9 Å². The molecular weight excluding hydrogens is 316 g/mol. The average Bonchev–Trinajstić information content (AvgIpc) is 3.29. The molecular formula is C20H20N2O3. The Morgan fingerprint density at radius 1 is 1.12 bits per heavy atom. The van der Waals surface area contributed by atoms with Gasteiger partial charge in [0.15, 0.2) is 0 Å². The molecule has 0 radical (unpaired) electrons. The molecule has 3 N–H and O–H groups in total. The van der Waals surface area contributed by atoms with Crippen molar-refractivity contribution in [1.29, 1.82) is 0 Å². The molecule has 0 spiro atoms. The van der Waals surface area contributed by atoms with Crippen molar-refractivity contribution in [3.8, 4) is 11.3 Å². The van der Waals surface area contributed by atoms with E-state index in [1.54, 1.807) is 0 Å². The van der Waals surface area contributed by atoms with E-state index in [-0.39, 0.29) is 12.0 Å². The van der Waals surface area contributed by atoms with Crippen molar-refractivity contribution in [1.82, 2.24) is 0 Å². The minimum absolute atomic E-state index is 0.00814. The van der Waals surface area contributed by atoms with Gasteiger partial charge in [0.05, 0.1) is 6.10 Å². The van der Waals surface area contributed by atoms with Crippen molar-refractivity contribution >= 4 is 22.6 Å². The largest absolute Gasteiger partial charge is 0.456 e. The average molecular weight is 336 g/mol. The Kier molecular flexibility index (Phi) is 4.26. The molecule has 5 nitrogen and oxygen atoms in total. The molecule has 128 valence electrons. The summed E-state index contributed by atoms with van der Waals surface area (Å²) >= 11 is 0. The number of amides is 1. The maximum Gasteiger partial charge on any atom is 0.253 e. The summed E-state index contributed by atoms with van der Waals surface area (Å²) in [5.74, 6) is 0.691. The van der Waals surface area contributed by atoms with Gasteiger partial charge in [-0.25, -0.2) is 0 Å². The lowest BCUT2D eigenvalue weighted by Crippen LogP contribution is -2.29. The number of nitrogens with one attached hydrogen (secondary N) is 1. The van der Waals surface area contributed by atoms with E-state index in [4.69, 9.17) is 14.9 Å².